The molecule has 1 unspecified atom stereocenters. The minimum Gasteiger partial charge on any atom is -0.369 e. The van der Waals surface area contributed by atoms with Crippen molar-refractivity contribution in [2.24, 2.45) is 0 Å². The molecule has 1 aromatic carbocycles. The molecule has 1 aromatic rings. The fourth-order valence-corrected chi connectivity index (χ4v) is 1.48. The quantitative estimate of drug-likeness (QED) is 0.774. The van der Waals surface area contributed by atoms with Gasteiger partial charge in [-0.05, 0) is 26.0 Å². The van der Waals surface area contributed by atoms with Gasteiger partial charge in [-0.15, -0.1) is 0 Å². The summed E-state index contributed by atoms with van der Waals surface area (Å²) in [7, 11) is 1.96. The average molecular weight is 207 g/mol. The Hall–Kier alpha value is -0.860. The molecule has 0 aliphatic carbocycles. The Bertz CT molecular complexity index is 273. The Morgan fingerprint density at radius 2 is 1.93 bits per heavy atom. The highest BCUT2D eigenvalue weighted by Crippen LogP contribution is 2.16. The molecule has 1 N–H and O–H groups in total. The van der Waals surface area contributed by atoms with Crippen LogP contribution in [0.15, 0.2) is 30.3 Å². The second-order valence-corrected chi connectivity index (χ2v) is 4.11. The van der Waals surface area contributed by atoms with E-state index >= 15 is 0 Å². The highest BCUT2D eigenvalue weighted by Gasteiger charge is 2.21. The average Bonchev–Trinajstić information content (AvgIpc) is 2.28. The van der Waals surface area contributed by atoms with Gasteiger partial charge in [0.05, 0.1) is 12.2 Å². The second-order valence-electron chi connectivity index (χ2n) is 4.11. The van der Waals surface area contributed by atoms with E-state index in [1.165, 1.54) is 5.56 Å². The van der Waals surface area contributed by atoms with Crippen molar-refractivity contribution < 1.29 is 4.74 Å². The first-order valence-corrected chi connectivity index (χ1v) is 5.52. The van der Waals surface area contributed by atoms with Gasteiger partial charge in [-0.25, -0.2) is 0 Å². The molecule has 0 aliphatic heterocycles. The van der Waals surface area contributed by atoms with Gasteiger partial charge < -0.3 is 10.1 Å². The number of rotatable bonds is 6. The zero-order chi connectivity index (χ0) is 11.1. The van der Waals surface area contributed by atoms with Gasteiger partial charge in [0, 0.05) is 6.54 Å². The number of hydrogen-bond acceptors (Lipinski definition) is 2. The number of nitrogens with one attached hydrogen (secondary N) is 1. The van der Waals surface area contributed by atoms with Crippen LogP contribution in [0.2, 0.25) is 0 Å². The van der Waals surface area contributed by atoms with Crippen LogP contribution in [0, 0.1) is 0 Å². The molecule has 0 saturated heterocycles. The van der Waals surface area contributed by atoms with Crippen LogP contribution in [0.1, 0.15) is 25.8 Å². The molecule has 84 valence electrons. The van der Waals surface area contributed by atoms with Crippen LogP contribution in [-0.2, 0) is 11.3 Å². The lowest BCUT2D eigenvalue weighted by Gasteiger charge is -2.28. The zero-order valence-corrected chi connectivity index (χ0v) is 9.92. The summed E-state index contributed by atoms with van der Waals surface area (Å²) in [5.74, 6) is 0. The highest BCUT2D eigenvalue weighted by atomic mass is 16.5. The van der Waals surface area contributed by atoms with Gasteiger partial charge in [-0.3, -0.25) is 0 Å². The molecular weight excluding hydrogens is 186 g/mol. The summed E-state index contributed by atoms with van der Waals surface area (Å²) in [6, 6.07) is 10.3. The van der Waals surface area contributed by atoms with E-state index < -0.39 is 0 Å². The molecule has 0 fully saturated rings. The Kier molecular flexibility index (Phi) is 4.79. The highest BCUT2D eigenvalue weighted by molar-refractivity contribution is 5.13. The smallest absolute Gasteiger partial charge is 0.0780 e. The van der Waals surface area contributed by atoms with Gasteiger partial charge in [-0.2, -0.15) is 0 Å². The van der Waals surface area contributed by atoms with E-state index in [0.29, 0.717) is 6.61 Å². The summed E-state index contributed by atoms with van der Waals surface area (Å²) in [4.78, 5) is 0. The molecular formula is C13H21NO. The molecule has 1 rings (SSSR count). The van der Waals surface area contributed by atoms with Crippen molar-refractivity contribution in [2.75, 3.05) is 13.6 Å². The van der Waals surface area contributed by atoms with Gasteiger partial charge in [0.15, 0.2) is 0 Å². The maximum absolute atomic E-state index is 5.94. The Morgan fingerprint density at radius 3 is 2.47 bits per heavy atom. The fourth-order valence-electron chi connectivity index (χ4n) is 1.48. The molecule has 0 aliphatic rings. The molecule has 2 nitrogen and oxygen atoms in total. The lowest BCUT2D eigenvalue weighted by atomic mass is 10.0. The lowest BCUT2D eigenvalue weighted by Crippen LogP contribution is -2.38. The van der Waals surface area contributed by atoms with E-state index in [1.807, 2.05) is 25.2 Å². The molecule has 15 heavy (non-hydrogen) atoms. The minimum absolute atomic E-state index is 0.0649. The topological polar surface area (TPSA) is 21.3 Å². The van der Waals surface area contributed by atoms with Gasteiger partial charge in [0.2, 0.25) is 0 Å². The molecule has 0 amide bonds. The van der Waals surface area contributed by atoms with Gasteiger partial charge >= 0.3 is 0 Å². The third-order valence-corrected chi connectivity index (χ3v) is 2.73. The van der Waals surface area contributed by atoms with Gasteiger partial charge in [0.25, 0.3) is 0 Å². The van der Waals surface area contributed by atoms with E-state index in [2.05, 4.69) is 31.3 Å². The first kappa shape index (κ1) is 12.2. The van der Waals surface area contributed by atoms with Crippen molar-refractivity contribution in [1.29, 1.82) is 0 Å². The summed E-state index contributed by atoms with van der Waals surface area (Å²) < 4.78 is 5.94. The first-order valence-electron chi connectivity index (χ1n) is 5.52. The van der Waals surface area contributed by atoms with Crippen molar-refractivity contribution in [2.45, 2.75) is 32.5 Å². The Balaban J connectivity index is 2.47. The predicted molar refractivity (Wildman–Crippen MR) is 63.9 cm³/mol. The number of hydrogen-bond donors (Lipinski definition) is 1. The van der Waals surface area contributed by atoms with Crippen LogP contribution in [-0.4, -0.2) is 19.2 Å². The monoisotopic (exact) mass is 207 g/mol. The molecule has 0 heterocycles. The summed E-state index contributed by atoms with van der Waals surface area (Å²) in [5, 5.41) is 3.17. The zero-order valence-electron chi connectivity index (χ0n) is 9.92. The lowest BCUT2D eigenvalue weighted by molar-refractivity contribution is -0.0432. The van der Waals surface area contributed by atoms with Crippen LogP contribution in [0.5, 0.6) is 0 Å². The summed E-state index contributed by atoms with van der Waals surface area (Å²) >= 11 is 0. The molecule has 0 bridgehead atoms. The van der Waals surface area contributed by atoms with Crippen molar-refractivity contribution >= 4 is 0 Å². The Labute approximate surface area is 92.6 Å². The maximum atomic E-state index is 5.94. The van der Waals surface area contributed by atoms with Crippen LogP contribution in [0.25, 0.3) is 0 Å². The molecule has 0 aromatic heterocycles. The van der Waals surface area contributed by atoms with Gasteiger partial charge in [0.1, 0.15) is 0 Å². The van der Waals surface area contributed by atoms with E-state index in [0.717, 1.165) is 13.0 Å². The maximum Gasteiger partial charge on any atom is 0.0780 e. The van der Waals surface area contributed by atoms with Crippen LogP contribution in [0.3, 0.4) is 0 Å². The van der Waals surface area contributed by atoms with E-state index in [-0.39, 0.29) is 5.60 Å². The van der Waals surface area contributed by atoms with E-state index in [1.54, 1.807) is 0 Å². The van der Waals surface area contributed by atoms with Crippen molar-refractivity contribution in [3.8, 4) is 0 Å². The number of ether oxygens (including phenoxy) is 1. The number of likely N-dealkylation sites (N-methyl/N-ethyl adjacent to an activating group) is 1. The predicted octanol–water partition coefficient (Wildman–Crippen LogP) is 2.59. The molecule has 2 heteroatoms. The molecule has 0 saturated carbocycles. The van der Waals surface area contributed by atoms with E-state index in [4.69, 9.17) is 4.74 Å². The van der Waals surface area contributed by atoms with E-state index in [9.17, 15) is 0 Å². The molecule has 1 atom stereocenters. The normalized spacial score (nSPS) is 14.9. The minimum atomic E-state index is -0.0649. The van der Waals surface area contributed by atoms with Crippen molar-refractivity contribution in [3.05, 3.63) is 35.9 Å². The Morgan fingerprint density at radius 1 is 1.27 bits per heavy atom. The second kappa shape index (κ2) is 5.89. The van der Waals surface area contributed by atoms with Crippen molar-refractivity contribution in [1.82, 2.24) is 5.32 Å². The first-order chi connectivity index (χ1) is 7.20. The van der Waals surface area contributed by atoms with Crippen molar-refractivity contribution in [3.63, 3.8) is 0 Å². The fraction of sp³-hybridized carbons (Fsp3) is 0.538. The third-order valence-electron chi connectivity index (χ3n) is 2.73. The molecule has 0 radical (unpaired) electrons. The summed E-state index contributed by atoms with van der Waals surface area (Å²) in [5.41, 5.74) is 1.16. The summed E-state index contributed by atoms with van der Waals surface area (Å²) in [6.07, 6.45) is 1.01. The van der Waals surface area contributed by atoms with Crippen LogP contribution in [0.4, 0.5) is 0 Å². The third kappa shape index (κ3) is 4.02. The molecule has 0 spiro atoms. The number of benzene rings is 1. The summed E-state index contributed by atoms with van der Waals surface area (Å²) in [6.45, 7) is 5.87. The SMILES string of the molecule is CCC(C)(CNC)OCc1ccccc1. The van der Waals surface area contributed by atoms with Gasteiger partial charge in [-0.1, -0.05) is 37.3 Å². The van der Waals surface area contributed by atoms with Crippen LogP contribution >= 0.6 is 0 Å². The standard InChI is InChI=1S/C13H21NO/c1-4-13(2,11-14-3)15-10-12-8-6-5-7-9-12/h5-9,14H,4,10-11H2,1-3H3. The largest absolute Gasteiger partial charge is 0.369 e. The van der Waals surface area contributed by atoms with Crippen LogP contribution < -0.4 is 5.32 Å².